The van der Waals surface area contributed by atoms with Gasteiger partial charge in [-0.25, -0.2) is 9.37 Å². The number of aromatic nitrogens is 3. The van der Waals surface area contributed by atoms with Gasteiger partial charge in [-0.3, -0.25) is 9.48 Å². The van der Waals surface area contributed by atoms with Crippen LogP contribution in [0.1, 0.15) is 45.6 Å². The van der Waals surface area contributed by atoms with E-state index in [-0.39, 0.29) is 17.6 Å². The molecule has 172 valence electrons. The summed E-state index contributed by atoms with van der Waals surface area (Å²) in [5.74, 6) is 0.802. The second kappa shape index (κ2) is 8.36. The number of oxazole rings is 1. The average molecular weight is 475 g/mol. The Balaban J connectivity index is 1.18. The second-order valence-corrected chi connectivity index (χ2v) is 9.82. The van der Waals surface area contributed by atoms with Crippen molar-refractivity contribution >= 4 is 38.6 Å². The molecule has 0 bridgehead atoms. The Bertz CT molecular complexity index is 1460. The normalized spacial score (nSPS) is 14.9. The predicted octanol–water partition coefficient (Wildman–Crippen LogP) is 5.75. The number of amides is 1. The van der Waals surface area contributed by atoms with Crippen molar-refractivity contribution in [1.29, 1.82) is 0 Å². The number of thiophene rings is 1. The fourth-order valence-corrected chi connectivity index (χ4v) is 5.77. The van der Waals surface area contributed by atoms with Crippen molar-refractivity contribution in [2.24, 2.45) is 0 Å². The Hall–Kier alpha value is -3.52. The zero-order valence-electron chi connectivity index (χ0n) is 18.7. The largest absolute Gasteiger partial charge is 0.440 e. The van der Waals surface area contributed by atoms with Crippen LogP contribution in [0, 0.1) is 12.7 Å². The third-order valence-electron chi connectivity index (χ3n) is 6.51. The average Bonchev–Trinajstić information content (AvgIpc) is 3.56. The Kier molecular flexibility index (Phi) is 5.17. The molecule has 2 aromatic carbocycles. The minimum Gasteiger partial charge on any atom is -0.440 e. The van der Waals surface area contributed by atoms with Crippen LogP contribution >= 0.6 is 11.3 Å². The van der Waals surface area contributed by atoms with Gasteiger partial charge in [0, 0.05) is 24.4 Å². The number of benzene rings is 2. The number of halogens is 1. The number of likely N-dealkylation sites (tertiary alicyclic amines) is 1. The van der Waals surface area contributed by atoms with E-state index in [4.69, 9.17) is 4.42 Å². The summed E-state index contributed by atoms with van der Waals surface area (Å²) in [5, 5.41) is 5.63. The van der Waals surface area contributed by atoms with Gasteiger partial charge < -0.3 is 9.32 Å². The van der Waals surface area contributed by atoms with Crippen molar-refractivity contribution in [2.75, 3.05) is 13.1 Å². The molecule has 1 aliphatic rings. The molecule has 0 radical (unpaired) electrons. The summed E-state index contributed by atoms with van der Waals surface area (Å²) < 4.78 is 21.1. The Morgan fingerprint density at radius 1 is 1.15 bits per heavy atom. The van der Waals surface area contributed by atoms with E-state index in [1.807, 2.05) is 46.8 Å². The van der Waals surface area contributed by atoms with Gasteiger partial charge in [-0.1, -0.05) is 24.3 Å². The molecule has 1 saturated heterocycles. The standard InChI is InChI=1S/C26H23FN4O2S/c1-16-20-14-23(34-26(20)31(29-16)15-17-6-8-19(27)9-7-17)25(32)30-12-10-18(11-13-30)24-28-21-4-2-3-5-22(21)33-24/h2-9,14,18H,10-13,15H2,1H3. The molecule has 0 aliphatic carbocycles. The summed E-state index contributed by atoms with van der Waals surface area (Å²) in [6.45, 7) is 3.85. The van der Waals surface area contributed by atoms with Crippen molar-refractivity contribution in [2.45, 2.75) is 32.2 Å². The van der Waals surface area contributed by atoms with E-state index >= 15 is 0 Å². The molecule has 0 atom stereocenters. The number of carbonyl (C=O) groups excluding carboxylic acids is 1. The summed E-state index contributed by atoms with van der Waals surface area (Å²) in [6, 6.07) is 16.2. The molecule has 0 N–H and O–H groups in total. The van der Waals surface area contributed by atoms with Crippen LogP contribution in [0.3, 0.4) is 0 Å². The topological polar surface area (TPSA) is 64.2 Å². The van der Waals surface area contributed by atoms with E-state index in [1.165, 1.54) is 23.5 Å². The number of rotatable bonds is 4. The quantitative estimate of drug-likeness (QED) is 0.332. The molecule has 0 saturated carbocycles. The lowest BCUT2D eigenvalue weighted by molar-refractivity contribution is 0.0711. The van der Waals surface area contributed by atoms with E-state index in [1.54, 1.807) is 12.1 Å². The van der Waals surface area contributed by atoms with Crippen molar-refractivity contribution in [3.8, 4) is 0 Å². The smallest absolute Gasteiger partial charge is 0.264 e. The lowest BCUT2D eigenvalue weighted by Gasteiger charge is -2.30. The predicted molar refractivity (Wildman–Crippen MR) is 130 cm³/mol. The number of hydrogen-bond donors (Lipinski definition) is 0. The van der Waals surface area contributed by atoms with Crippen molar-refractivity contribution in [1.82, 2.24) is 19.7 Å². The molecule has 6 nitrogen and oxygen atoms in total. The minimum absolute atomic E-state index is 0.0601. The first kappa shape index (κ1) is 21.0. The summed E-state index contributed by atoms with van der Waals surface area (Å²) in [4.78, 5) is 21.6. The molecule has 1 aliphatic heterocycles. The molecule has 1 fully saturated rings. The van der Waals surface area contributed by atoms with E-state index in [2.05, 4.69) is 10.1 Å². The van der Waals surface area contributed by atoms with Gasteiger partial charge in [0.05, 0.1) is 17.1 Å². The maximum Gasteiger partial charge on any atom is 0.264 e. The maximum absolute atomic E-state index is 13.3. The van der Waals surface area contributed by atoms with Crippen LogP contribution in [-0.4, -0.2) is 38.7 Å². The van der Waals surface area contributed by atoms with Gasteiger partial charge in [0.1, 0.15) is 16.2 Å². The summed E-state index contributed by atoms with van der Waals surface area (Å²) in [5.41, 5.74) is 3.55. The molecule has 34 heavy (non-hydrogen) atoms. The van der Waals surface area contributed by atoms with Crippen LogP contribution in [0.2, 0.25) is 0 Å². The molecule has 5 aromatic rings. The number of para-hydroxylation sites is 2. The van der Waals surface area contributed by atoms with E-state index in [0.717, 1.165) is 56.2 Å². The molecule has 0 unspecified atom stereocenters. The fourth-order valence-electron chi connectivity index (χ4n) is 4.64. The van der Waals surface area contributed by atoms with E-state index in [0.29, 0.717) is 19.6 Å². The van der Waals surface area contributed by atoms with Crippen LogP contribution in [-0.2, 0) is 6.54 Å². The fraction of sp³-hybridized carbons (Fsp3) is 0.269. The van der Waals surface area contributed by atoms with E-state index in [9.17, 15) is 9.18 Å². The Morgan fingerprint density at radius 3 is 2.68 bits per heavy atom. The van der Waals surface area contributed by atoms with Crippen molar-refractivity contribution < 1.29 is 13.6 Å². The molecule has 3 aromatic heterocycles. The number of piperidine rings is 1. The minimum atomic E-state index is -0.255. The number of hydrogen-bond acceptors (Lipinski definition) is 5. The van der Waals surface area contributed by atoms with Crippen LogP contribution in [0.15, 0.2) is 59.0 Å². The van der Waals surface area contributed by atoms with Gasteiger partial charge in [0.15, 0.2) is 11.5 Å². The highest BCUT2D eigenvalue weighted by Crippen LogP contribution is 2.33. The van der Waals surface area contributed by atoms with Gasteiger partial charge >= 0.3 is 0 Å². The summed E-state index contributed by atoms with van der Waals surface area (Å²) in [7, 11) is 0. The Morgan fingerprint density at radius 2 is 1.91 bits per heavy atom. The number of aryl methyl sites for hydroxylation is 1. The highest BCUT2D eigenvalue weighted by Gasteiger charge is 2.29. The number of fused-ring (bicyclic) bond motifs is 2. The van der Waals surface area contributed by atoms with Crippen LogP contribution in [0.25, 0.3) is 21.3 Å². The zero-order valence-corrected chi connectivity index (χ0v) is 19.5. The number of nitrogens with zero attached hydrogens (tertiary/aromatic N) is 4. The van der Waals surface area contributed by atoms with Gasteiger partial charge in [-0.15, -0.1) is 11.3 Å². The zero-order chi connectivity index (χ0) is 23.2. The van der Waals surface area contributed by atoms with Crippen molar-refractivity contribution in [3.05, 3.63) is 82.4 Å². The van der Waals surface area contributed by atoms with Gasteiger partial charge in [-0.2, -0.15) is 5.10 Å². The number of carbonyl (C=O) groups is 1. The highest BCUT2D eigenvalue weighted by atomic mass is 32.1. The molecule has 4 heterocycles. The lowest BCUT2D eigenvalue weighted by Crippen LogP contribution is -2.37. The second-order valence-electron chi connectivity index (χ2n) is 8.79. The maximum atomic E-state index is 13.3. The summed E-state index contributed by atoms with van der Waals surface area (Å²) >= 11 is 1.47. The molecule has 0 spiro atoms. The van der Waals surface area contributed by atoms with Gasteiger partial charge in [-0.05, 0) is 55.7 Å². The first-order valence-electron chi connectivity index (χ1n) is 11.4. The Labute approximate surface area is 199 Å². The first-order chi connectivity index (χ1) is 16.5. The monoisotopic (exact) mass is 474 g/mol. The van der Waals surface area contributed by atoms with Gasteiger partial charge in [0.2, 0.25) is 0 Å². The molecule has 1 amide bonds. The van der Waals surface area contributed by atoms with Gasteiger partial charge in [0.25, 0.3) is 5.91 Å². The van der Waals surface area contributed by atoms with Crippen LogP contribution < -0.4 is 0 Å². The molecular formula is C26H23FN4O2S. The van der Waals surface area contributed by atoms with Crippen molar-refractivity contribution in [3.63, 3.8) is 0 Å². The molecular weight excluding hydrogens is 451 g/mol. The molecule has 6 rings (SSSR count). The van der Waals surface area contributed by atoms with Crippen LogP contribution in [0.4, 0.5) is 4.39 Å². The van der Waals surface area contributed by atoms with E-state index < -0.39 is 0 Å². The third-order valence-corrected chi connectivity index (χ3v) is 7.64. The lowest BCUT2D eigenvalue weighted by atomic mass is 9.96. The van der Waals surface area contributed by atoms with Crippen LogP contribution in [0.5, 0.6) is 0 Å². The SMILES string of the molecule is Cc1nn(Cc2ccc(F)cc2)c2sc(C(=O)N3CCC(c4nc5ccccc5o4)CC3)cc12. The third kappa shape index (κ3) is 3.77. The first-order valence-corrected chi connectivity index (χ1v) is 12.2. The summed E-state index contributed by atoms with van der Waals surface area (Å²) in [6.07, 6.45) is 1.67. The molecule has 8 heteroatoms. The highest BCUT2D eigenvalue weighted by molar-refractivity contribution is 7.20.